The van der Waals surface area contributed by atoms with Crippen LogP contribution in [0.5, 0.6) is 11.5 Å². The standard InChI is InChI=1S/C18H16N2O5S/c1-22-14-5-3-12(15(9-14)23-2)4-6-17(21)24-10-16-19-18(20-25-16)13-7-8-26-11-13/h3-9,11H,10H2,1-2H3/b6-4+. The summed E-state index contributed by atoms with van der Waals surface area (Å²) in [4.78, 5) is 16.1. The maximum absolute atomic E-state index is 11.9. The fourth-order valence-electron chi connectivity index (χ4n) is 2.12. The number of esters is 1. The second-order valence-electron chi connectivity index (χ2n) is 5.07. The first-order chi connectivity index (χ1) is 12.7. The van der Waals surface area contributed by atoms with Gasteiger partial charge < -0.3 is 18.7 Å². The molecule has 0 saturated carbocycles. The monoisotopic (exact) mass is 372 g/mol. The first kappa shape index (κ1) is 17.7. The number of hydrogen-bond acceptors (Lipinski definition) is 8. The minimum absolute atomic E-state index is 0.0972. The van der Waals surface area contributed by atoms with E-state index in [1.807, 2.05) is 16.8 Å². The van der Waals surface area contributed by atoms with Crippen molar-refractivity contribution in [2.24, 2.45) is 0 Å². The topological polar surface area (TPSA) is 83.7 Å². The molecule has 0 N–H and O–H groups in total. The summed E-state index contributed by atoms with van der Waals surface area (Å²) in [5, 5.41) is 7.68. The van der Waals surface area contributed by atoms with Crippen molar-refractivity contribution >= 4 is 23.4 Å². The van der Waals surface area contributed by atoms with Gasteiger partial charge in [0.05, 0.1) is 14.2 Å². The summed E-state index contributed by atoms with van der Waals surface area (Å²) in [6, 6.07) is 7.18. The predicted octanol–water partition coefficient (Wildman–Crippen LogP) is 3.57. The van der Waals surface area contributed by atoms with Gasteiger partial charge in [0.25, 0.3) is 5.89 Å². The highest BCUT2D eigenvalue weighted by Gasteiger charge is 2.10. The first-order valence-corrected chi connectivity index (χ1v) is 8.56. The molecule has 0 atom stereocenters. The second kappa shape index (κ2) is 8.30. The minimum atomic E-state index is -0.529. The molecule has 0 aliphatic heterocycles. The fraction of sp³-hybridized carbons (Fsp3) is 0.167. The Morgan fingerprint density at radius 3 is 2.88 bits per heavy atom. The Balaban J connectivity index is 1.58. The van der Waals surface area contributed by atoms with Crippen molar-refractivity contribution < 1.29 is 23.5 Å². The molecule has 3 rings (SSSR count). The average molecular weight is 372 g/mol. The van der Waals surface area contributed by atoms with Crippen LogP contribution < -0.4 is 9.47 Å². The van der Waals surface area contributed by atoms with E-state index in [-0.39, 0.29) is 12.5 Å². The zero-order valence-corrected chi connectivity index (χ0v) is 15.0. The molecule has 0 saturated heterocycles. The van der Waals surface area contributed by atoms with E-state index in [4.69, 9.17) is 18.7 Å². The number of thiophene rings is 1. The van der Waals surface area contributed by atoms with Gasteiger partial charge in [-0.05, 0) is 29.7 Å². The van der Waals surface area contributed by atoms with Gasteiger partial charge in [0.15, 0.2) is 6.61 Å². The summed E-state index contributed by atoms with van der Waals surface area (Å²) in [5.41, 5.74) is 1.59. The molecule has 7 nitrogen and oxygen atoms in total. The molecule has 0 aliphatic rings. The summed E-state index contributed by atoms with van der Waals surface area (Å²) in [6.07, 6.45) is 2.91. The molecule has 0 bridgehead atoms. The van der Waals surface area contributed by atoms with Crippen LogP contribution in [0, 0.1) is 0 Å². The van der Waals surface area contributed by atoms with Gasteiger partial charge in [-0.2, -0.15) is 16.3 Å². The number of methoxy groups -OCH3 is 2. The Hall–Kier alpha value is -3.13. The maximum atomic E-state index is 11.9. The number of ether oxygens (including phenoxy) is 3. The van der Waals surface area contributed by atoms with Crippen LogP contribution >= 0.6 is 11.3 Å². The van der Waals surface area contributed by atoms with Crippen molar-refractivity contribution in [2.75, 3.05) is 14.2 Å². The Labute approximate surface area is 153 Å². The second-order valence-corrected chi connectivity index (χ2v) is 5.85. The van der Waals surface area contributed by atoms with Gasteiger partial charge in [0.1, 0.15) is 11.5 Å². The Bertz CT molecular complexity index is 902. The predicted molar refractivity (Wildman–Crippen MR) is 96.0 cm³/mol. The highest BCUT2D eigenvalue weighted by Crippen LogP contribution is 2.25. The normalized spacial score (nSPS) is 10.8. The van der Waals surface area contributed by atoms with Crippen LogP contribution in [0.25, 0.3) is 17.5 Å². The molecule has 3 aromatic rings. The molecule has 0 fully saturated rings. The molecular weight excluding hydrogens is 356 g/mol. The lowest BCUT2D eigenvalue weighted by Crippen LogP contribution is -2.01. The van der Waals surface area contributed by atoms with Crippen molar-refractivity contribution in [1.29, 1.82) is 0 Å². The van der Waals surface area contributed by atoms with E-state index in [0.29, 0.717) is 17.3 Å². The average Bonchev–Trinajstić information content (AvgIpc) is 3.35. The molecule has 1 aromatic carbocycles. The number of hydrogen-bond donors (Lipinski definition) is 0. The highest BCUT2D eigenvalue weighted by atomic mass is 32.1. The van der Waals surface area contributed by atoms with Crippen LogP contribution in [-0.2, 0) is 16.1 Å². The highest BCUT2D eigenvalue weighted by molar-refractivity contribution is 7.08. The third-order valence-corrected chi connectivity index (χ3v) is 4.11. The summed E-state index contributed by atoms with van der Waals surface area (Å²) in [7, 11) is 3.12. The van der Waals surface area contributed by atoms with E-state index in [0.717, 1.165) is 11.1 Å². The molecule has 0 amide bonds. The lowest BCUT2D eigenvalue weighted by Gasteiger charge is -2.07. The minimum Gasteiger partial charge on any atom is -0.497 e. The van der Waals surface area contributed by atoms with Crippen molar-refractivity contribution in [2.45, 2.75) is 6.61 Å². The van der Waals surface area contributed by atoms with Gasteiger partial charge in [0, 0.05) is 28.6 Å². The summed E-state index contributed by atoms with van der Waals surface area (Å²) >= 11 is 1.54. The molecule has 8 heteroatoms. The van der Waals surface area contributed by atoms with E-state index < -0.39 is 5.97 Å². The van der Waals surface area contributed by atoms with Crippen LogP contribution in [0.3, 0.4) is 0 Å². The van der Waals surface area contributed by atoms with E-state index in [1.165, 1.54) is 17.4 Å². The smallest absolute Gasteiger partial charge is 0.331 e. The molecule has 2 heterocycles. The molecule has 0 unspecified atom stereocenters. The maximum Gasteiger partial charge on any atom is 0.331 e. The van der Waals surface area contributed by atoms with Crippen LogP contribution in [0.4, 0.5) is 0 Å². The molecule has 134 valence electrons. The third kappa shape index (κ3) is 4.28. The van der Waals surface area contributed by atoms with E-state index in [1.54, 1.807) is 38.5 Å². The van der Waals surface area contributed by atoms with E-state index in [9.17, 15) is 4.79 Å². The van der Waals surface area contributed by atoms with Crippen molar-refractivity contribution in [3.63, 3.8) is 0 Å². The number of aromatic nitrogens is 2. The van der Waals surface area contributed by atoms with Gasteiger partial charge in [-0.25, -0.2) is 4.79 Å². The lowest BCUT2D eigenvalue weighted by atomic mass is 10.2. The zero-order chi connectivity index (χ0) is 18.4. The Morgan fingerprint density at radius 1 is 1.27 bits per heavy atom. The summed E-state index contributed by atoms with van der Waals surface area (Å²) in [6.45, 7) is -0.0972. The number of carbonyl (C=O) groups is 1. The molecule has 2 aromatic heterocycles. The van der Waals surface area contributed by atoms with Gasteiger partial charge in [-0.3, -0.25) is 0 Å². The largest absolute Gasteiger partial charge is 0.497 e. The number of rotatable bonds is 7. The van der Waals surface area contributed by atoms with Gasteiger partial charge in [0.2, 0.25) is 5.82 Å². The molecule has 0 radical (unpaired) electrons. The van der Waals surface area contributed by atoms with Crippen LogP contribution in [0.15, 0.2) is 45.6 Å². The van der Waals surface area contributed by atoms with Crippen molar-refractivity contribution in [1.82, 2.24) is 10.1 Å². The van der Waals surface area contributed by atoms with E-state index in [2.05, 4.69) is 10.1 Å². The van der Waals surface area contributed by atoms with E-state index >= 15 is 0 Å². The number of carbonyl (C=O) groups excluding carboxylic acids is 1. The summed E-state index contributed by atoms with van der Waals surface area (Å²) in [5.74, 6) is 1.43. The lowest BCUT2D eigenvalue weighted by molar-refractivity contribution is -0.139. The SMILES string of the molecule is COc1ccc(/C=C/C(=O)OCc2nc(-c3ccsc3)no2)c(OC)c1. The first-order valence-electron chi connectivity index (χ1n) is 7.61. The fourth-order valence-corrected chi connectivity index (χ4v) is 2.75. The summed E-state index contributed by atoms with van der Waals surface area (Å²) < 4.78 is 20.6. The molecule has 0 aliphatic carbocycles. The number of benzene rings is 1. The van der Waals surface area contributed by atoms with Crippen LogP contribution in [-0.4, -0.2) is 30.3 Å². The Kier molecular flexibility index (Phi) is 5.65. The Morgan fingerprint density at radius 2 is 2.15 bits per heavy atom. The molecule has 26 heavy (non-hydrogen) atoms. The quantitative estimate of drug-likeness (QED) is 0.463. The third-order valence-electron chi connectivity index (χ3n) is 3.42. The molecular formula is C18H16N2O5S. The van der Waals surface area contributed by atoms with Crippen LogP contribution in [0.2, 0.25) is 0 Å². The van der Waals surface area contributed by atoms with Gasteiger partial charge >= 0.3 is 5.97 Å². The molecule has 0 spiro atoms. The van der Waals surface area contributed by atoms with Gasteiger partial charge in [-0.1, -0.05) is 5.16 Å². The van der Waals surface area contributed by atoms with Crippen molar-refractivity contribution in [3.05, 3.63) is 52.6 Å². The zero-order valence-electron chi connectivity index (χ0n) is 14.2. The van der Waals surface area contributed by atoms with Crippen LogP contribution in [0.1, 0.15) is 11.5 Å². The number of nitrogens with zero attached hydrogens (tertiary/aromatic N) is 2. The van der Waals surface area contributed by atoms with Gasteiger partial charge in [-0.15, -0.1) is 0 Å². The van der Waals surface area contributed by atoms with Crippen molar-refractivity contribution in [3.8, 4) is 22.9 Å².